The smallest absolute Gasteiger partial charge is 0.0410 e. The van der Waals surface area contributed by atoms with E-state index in [0.717, 1.165) is 15.1 Å². The molecule has 2 aromatic rings. The fourth-order valence-corrected chi connectivity index (χ4v) is 2.77. The number of benzene rings is 1. The molecule has 2 nitrogen and oxygen atoms in total. The van der Waals surface area contributed by atoms with E-state index in [1.54, 1.807) is 6.20 Å². The van der Waals surface area contributed by atoms with Gasteiger partial charge in [0.2, 0.25) is 0 Å². The number of halogens is 3. The van der Waals surface area contributed by atoms with Crippen molar-refractivity contribution in [2.24, 2.45) is 5.73 Å². The van der Waals surface area contributed by atoms with Crippen LogP contribution < -0.4 is 5.73 Å². The number of hydrogen-bond donors (Lipinski definition) is 1. The first kappa shape index (κ1) is 17.4. The minimum absolute atomic E-state index is 0. The molecule has 0 spiro atoms. The average molecular weight is 376 g/mol. The summed E-state index contributed by atoms with van der Waals surface area (Å²) in [5.41, 5.74) is 8.34. The van der Waals surface area contributed by atoms with Crippen LogP contribution in [-0.4, -0.2) is 11.5 Å². The Labute approximate surface area is 139 Å². The maximum Gasteiger partial charge on any atom is 0.0410 e. The van der Waals surface area contributed by atoms with Crippen molar-refractivity contribution in [2.75, 3.05) is 6.54 Å². The molecule has 0 bridgehead atoms. The van der Waals surface area contributed by atoms with Crippen molar-refractivity contribution in [1.29, 1.82) is 0 Å². The van der Waals surface area contributed by atoms with Crippen LogP contribution in [0.2, 0.25) is 5.02 Å². The van der Waals surface area contributed by atoms with Gasteiger partial charge in [-0.1, -0.05) is 30.7 Å². The van der Waals surface area contributed by atoms with Gasteiger partial charge in [0.05, 0.1) is 0 Å². The van der Waals surface area contributed by atoms with Crippen LogP contribution >= 0.6 is 39.9 Å². The summed E-state index contributed by atoms with van der Waals surface area (Å²) < 4.78 is 0.978. The van der Waals surface area contributed by atoms with Crippen molar-refractivity contribution in [3.05, 3.63) is 63.3 Å². The van der Waals surface area contributed by atoms with Crippen LogP contribution in [0.1, 0.15) is 29.9 Å². The van der Waals surface area contributed by atoms with E-state index in [0.29, 0.717) is 12.5 Å². The van der Waals surface area contributed by atoms with Crippen molar-refractivity contribution in [2.45, 2.75) is 18.8 Å². The lowest BCUT2D eigenvalue weighted by atomic mass is 9.83. The van der Waals surface area contributed by atoms with Crippen LogP contribution in [0, 0.1) is 0 Å². The highest BCUT2D eigenvalue weighted by Gasteiger charge is 2.20. The maximum absolute atomic E-state index is 5.95. The predicted octanol–water partition coefficient (Wildman–Crippen LogP) is 4.77. The Kier molecular flexibility index (Phi) is 6.96. The zero-order chi connectivity index (χ0) is 13.8. The monoisotopic (exact) mass is 374 g/mol. The lowest BCUT2D eigenvalue weighted by Crippen LogP contribution is -2.18. The minimum Gasteiger partial charge on any atom is -0.330 e. The van der Waals surface area contributed by atoms with E-state index in [2.05, 4.69) is 46.0 Å². The predicted molar refractivity (Wildman–Crippen MR) is 90.8 cm³/mol. The molecule has 108 valence electrons. The van der Waals surface area contributed by atoms with Gasteiger partial charge in [0.1, 0.15) is 0 Å². The van der Waals surface area contributed by atoms with E-state index < -0.39 is 0 Å². The van der Waals surface area contributed by atoms with Crippen molar-refractivity contribution < 1.29 is 0 Å². The van der Waals surface area contributed by atoms with Gasteiger partial charge in [-0.05, 0) is 57.7 Å². The van der Waals surface area contributed by atoms with Crippen LogP contribution in [-0.2, 0) is 0 Å². The third-order valence-corrected chi connectivity index (χ3v) is 4.09. The molecule has 0 radical (unpaired) electrons. The standard InChI is InChI=1S/C15H16BrClN2.ClH/c1-10(11-2-4-14(17)5-3-11)15(7-18)12-6-13(16)9-19-8-12;/h2-6,8-10,15H,7,18H2,1H3;1H. The third kappa shape index (κ3) is 4.19. The van der Waals surface area contributed by atoms with Crippen molar-refractivity contribution in [3.8, 4) is 0 Å². The Morgan fingerprint density at radius 3 is 2.40 bits per heavy atom. The Hall–Kier alpha value is -0.610. The number of rotatable bonds is 4. The lowest BCUT2D eigenvalue weighted by Gasteiger charge is -2.23. The molecule has 0 fully saturated rings. The first-order chi connectivity index (χ1) is 9.11. The second-order valence-electron chi connectivity index (χ2n) is 4.62. The highest BCUT2D eigenvalue weighted by Crippen LogP contribution is 2.33. The summed E-state index contributed by atoms with van der Waals surface area (Å²) in [6.45, 7) is 2.77. The first-order valence-electron chi connectivity index (χ1n) is 6.17. The highest BCUT2D eigenvalue weighted by molar-refractivity contribution is 9.10. The van der Waals surface area contributed by atoms with E-state index >= 15 is 0 Å². The summed E-state index contributed by atoms with van der Waals surface area (Å²) in [5, 5.41) is 0.754. The van der Waals surface area contributed by atoms with Gasteiger partial charge in [-0.15, -0.1) is 12.4 Å². The third-order valence-electron chi connectivity index (χ3n) is 3.41. The van der Waals surface area contributed by atoms with Crippen LogP contribution in [0.4, 0.5) is 0 Å². The molecule has 5 heteroatoms. The van der Waals surface area contributed by atoms with Crippen LogP contribution in [0.3, 0.4) is 0 Å². The Morgan fingerprint density at radius 1 is 1.20 bits per heavy atom. The molecule has 0 aliphatic rings. The molecular formula is C15H17BrCl2N2. The first-order valence-corrected chi connectivity index (χ1v) is 7.35. The highest BCUT2D eigenvalue weighted by atomic mass is 79.9. The number of pyridine rings is 1. The zero-order valence-electron chi connectivity index (χ0n) is 11.1. The van der Waals surface area contributed by atoms with Crippen molar-refractivity contribution >= 4 is 39.9 Å². The fraction of sp³-hybridized carbons (Fsp3) is 0.267. The molecule has 1 heterocycles. The summed E-state index contributed by atoms with van der Waals surface area (Å²) in [4.78, 5) is 4.22. The average Bonchev–Trinajstić information content (AvgIpc) is 2.40. The van der Waals surface area contributed by atoms with E-state index in [1.807, 2.05) is 18.3 Å². The molecule has 2 rings (SSSR count). The number of aromatic nitrogens is 1. The van der Waals surface area contributed by atoms with Crippen LogP contribution in [0.15, 0.2) is 47.2 Å². The van der Waals surface area contributed by atoms with Gasteiger partial charge in [-0.25, -0.2) is 0 Å². The van der Waals surface area contributed by atoms with E-state index in [4.69, 9.17) is 17.3 Å². The van der Waals surface area contributed by atoms with E-state index in [9.17, 15) is 0 Å². The van der Waals surface area contributed by atoms with E-state index in [-0.39, 0.29) is 18.3 Å². The van der Waals surface area contributed by atoms with Gasteiger partial charge < -0.3 is 5.73 Å². The summed E-state index contributed by atoms with van der Waals surface area (Å²) >= 11 is 9.38. The van der Waals surface area contributed by atoms with Gasteiger partial charge in [0, 0.05) is 27.8 Å². The molecule has 1 aromatic carbocycles. The van der Waals surface area contributed by atoms with Gasteiger partial charge >= 0.3 is 0 Å². The number of nitrogens with two attached hydrogens (primary N) is 1. The summed E-state index contributed by atoms with van der Waals surface area (Å²) in [5.74, 6) is 0.560. The molecule has 2 unspecified atom stereocenters. The topological polar surface area (TPSA) is 38.9 Å². The molecule has 0 aliphatic heterocycles. The second kappa shape index (κ2) is 7.99. The molecule has 0 aliphatic carbocycles. The molecule has 2 atom stereocenters. The van der Waals surface area contributed by atoms with Gasteiger partial charge in [-0.2, -0.15) is 0 Å². The molecule has 0 amide bonds. The molecule has 0 saturated carbocycles. The molecular weight excluding hydrogens is 359 g/mol. The second-order valence-corrected chi connectivity index (χ2v) is 5.97. The van der Waals surface area contributed by atoms with Crippen molar-refractivity contribution in [1.82, 2.24) is 4.98 Å². The number of hydrogen-bond acceptors (Lipinski definition) is 2. The Bertz CT molecular complexity index is 546. The normalized spacial score (nSPS) is 13.4. The quantitative estimate of drug-likeness (QED) is 0.836. The largest absolute Gasteiger partial charge is 0.330 e. The van der Waals surface area contributed by atoms with Gasteiger partial charge in [0.15, 0.2) is 0 Å². The Morgan fingerprint density at radius 2 is 1.85 bits per heavy atom. The van der Waals surface area contributed by atoms with Crippen LogP contribution in [0.25, 0.3) is 0 Å². The fourth-order valence-electron chi connectivity index (χ4n) is 2.26. The maximum atomic E-state index is 5.95. The summed E-state index contributed by atoms with van der Waals surface area (Å²) in [6, 6.07) is 10.0. The lowest BCUT2D eigenvalue weighted by molar-refractivity contribution is 0.582. The summed E-state index contributed by atoms with van der Waals surface area (Å²) in [6.07, 6.45) is 3.67. The SMILES string of the molecule is CC(c1ccc(Cl)cc1)C(CN)c1cncc(Br)c1.Cl. The molecule has 20 heavy (non-hydrogen) atoms. The minimum atomic E-state index is 0. The Balaban J connectivity index is 0.00000200. The summed E-state index contributed by atoms with van der Waals surface area (Å²) in [7, 11) is 0. The van der Waals surface area contributed by atoms with Crippen LogP contribution in [0.5, 0.6) is 0 Å². The molecule has 0 saturated heterocycles. The number of nitrogens with zero attached hydrogens (tertiary/aromatic N) is 1. The van der Waals surface area contributed by atoms with Gasteiger partial charge in [-0.3, -0.25) is 4.98 Å². The molecule has 1 aromatic heterocycles. The zero-order valence-corrected chi connectivity index (χ0v) is 14.3. The molecule has 2 N–H and O–H groups in total. The van der Waals surface area contributed by atoms with Gasteiger partial charge in [0.25, 0.3) is 0 Å². The van der Waals surface area contributed by atoms with Crippen molar-refractivity contribution in [3.63, 3.8) is 0 Å². The van der Waals surface area contributed by atoms with E-state index in [1.165, 1.54) is 5.56 Å².